The maximum absolute atomic E-state index is 12.6. The monoisotopic (exact) mass is 438 g/mol. The molecule has 1 fully saturated rings. The Balaban J connectivity index is 1.42. The van der Waals surface area contributed by atoms with Gasteiger partial charge in [-0.2, -0.15) is 8.78 Å². The lowest BCUT2D eigenvalue weighted by atomic mass is 10.1. The standard InChI is InChI=1S/C17H16F2N6O2S2/c1-9(29-17-22-23-24-25(17)10-6-7-10)14(26)21-16-20-12(8-28-16)11-4-2-3-5-13(11)27-15(18)19/h2-5,8-10,15H,6-7H2,1H3,(H,20,21,26). The number of carbonyl (C=O) groups excluding carboxylic acids is 1. The van der Waals surface area contributed by atoms with Crippen molar-refractivity contribution in [3.05, 3.63) is 29.6 Å². The first-order chi connectivity index (χ1) is 14.0. The number of para-hydroxylation sites is 1. The van der Waals surface area contributed by atoms with Gasteiger partial charge in [0.25, 0.3) is 0 Å². The van der Waals surface area contributed by atoms with Crippen LogP contribution < -0.4 is 10.1 Å². The molecule has 1 aliphatic carbocycles. The molecule has 0 radical (unpaired) electrons. The highest BCUT2D eigenvalue weighted by molar-refractivity contribution is 8.00. The predicted molar refractivity (Wildman–Crippen MR) is 104 cm³/mol. The summed E-state index contributed by atoms with van der Waals surface area (Å²) in [5.41, 5.74) is 0.870. The average Bonchev–Trinajstić information content (AvgIpc) is 3.25. The van der Waals surface area contributed by atoms with Crippen LogP contribution in [0.2, 0.25) is 0 Å². The van der Waals surface area contributed by atoms with E-state index in [-0.39, 0.29) is 11.7 Å². The van der Waals surface area contributed by atoms with Gasteiger partial charge in [-0.05, 0) is 42.3 Å². The lowest BCUT2D eigenvalue weighted by molar-refractivity contribution is -0.115. The van der Waals surface area contributed by atoms with Gasteiger partial charge in [-0.15, -0.1) is 16.4 Å². The molecular formula is C17H16F2N6O2S2. The van der Waals surface area contributed by atoms with Crippen LogP contribution in [0.25, 0.3) is 11.3 Å². The van der Waals surface area contributed by atoms with Crippen molar-refractivity contribution in [1.29, 1.82) is 0 Å². The third kappa shape index (κ3) is 4.70. The average molecular weight is 438 g/mol. The number of alkyl halides is 2. The summed E-state index contributed by atoms with van der Waals surface area (Å²) in [7, 11) is 0. The molecule has 1 aromatic carbocycles. The largest absolute Gasteiger partial charge is 0.434 e. The molecule has 1 atom stereocenters. The van der Waals surface area contributed by atoms with Gasteiger partial charge in [-0.1, -0.05) is 23.9 Å². The van der Waals surface area contributed by atoms with E-state index in [0.29, 0.717) is 27.6 Å². The molecule has 0 saturated heterocycles. The number of tetrazole rings is 1. The van der Waals surface area contributed by atoms with Crippen LogP contribution in [-0.2, 0) is 4.79 Å². The third-order valence-corrected chi connectivity index (χ3v) is 5.93. The van der Waals surface area contributed by atoms with E-state index in [1.54, 1.807) is 35.2 Å². The zero-order chi connectivity index (χ0) is 20.4. The van der Waals surface area contributed by atoms with Crippen LogP contribution in [0.3, 0.4) is 0 Å². The highest BCUT2D eigenvalue weighted by Crippen LogP contribution is 2.37. The predicted octanol–water partition coefficient (Wildman–Crippen LogP) is 3.85. The Morgan fingerprint density at radius 3 is 2.93 bits per heavy atom. The number of aromatic nitrogens is 5. The van der Waals surface area contributed by atoms with Gasteiger partial charge < -0.3 is 10.1 Å². The quantitative estimate of drug-likeness (QED) is 0.534. The fraction of sp³-hybridized carbons (Fsp3) is 0.353. The summed E-state index contributed by atoms with van der Waals surface area (Å²) in [6.07, 6.45) is 2.08. The summed E-state index contributed by atoms with van der Waals surface area (Å²) >= 11 is 2.48. The van der Waals surface area contributed by atoms with Gasteiger partial charge >= 0.3 is 6.61 Å². The van der Waals surface area contributed by atoms with E-state index in [2.05, 4.69) is 30.6 Å². The molecule has 0 bridgehead atoms. The number of ether oxygens (including phenoxy) is 1. The van der Waals surface area contributed by atoms with E-state index >= 15 is 0 Å². The van der Waals surface area contributed by atoms with Crippen LogP contribution in [0, 0.1) is 0 Å². The molecule has 1 aliphatic rings. The molecule has 3 aromatic rings. The van der Waals surface area contributed by atoms with Crippen LogP contribution >= 0.6 is 23.1 Å². The number of hydrogen-bond acceptors (Lipinski definition) is 8. The van der Waals surface area contributed by atoms with Gasteiger partial charge in [-0.3, -0.25) is 4.79 Å². The Bertz CT molecular complexity index is 1010. The number of nitrogens with one attached hydrogen (secondary N) is 1. The van der Waals surface area contributed by atoms with Gasteiger partial charge in [0.05, 0.1) is 17.0 Å². The van der Waals surface area contributed by atoms with Gasteiger partial charge in [0, 0.05) is 10.9 Å². The highest BCUT2D eigenvalue weighted by atomic mass is 32.2. The molecule has 0 spiro atoms. The number of rotatable bonds is 8. The van der Waals surface area contributed by atoms with Crippen molar-refractivity contribution in [2.45, 2.75) is 42.8 Å². The Morgan fingerprint density at radius 2 is 2.17 bits per heavy atom. The Kier molecular flexibility index (Phi) is 5.72. The number of carbonyl (C=O) groups is 1. The zero-order valence-corrected chi connectivity index (χ0v) is 16.8. The van der Waals surface area contributed by atoms with Crippen LogP contribution in [0.15, 0.2) is 34.8 Å². The number of benzene rings is 1. The van der Waals surface area contributed by atoms with Crippen molar-refractivity contribution in [2.75, 3.05) is 5.32 Å². The van der Waals surface area contributed by atoms with E-state index in [4.69, 9.17) is 0 Å². The first kappa shape index (κ1) is 19.7. The van der Waals surface area contributed by atoms with Crippen molar-refractivity contribution in [2.24, 2.45) is 0 Å². The van der Waals surface area contributed by atoms with Crippen LogP contribution in [0.1, 0.15) is 25.8 Å². The van der Waals surface area contributed by atoms with E-state index < -0.39 is 11.9 Å². The van der Waals surface area contributed by atoms with Crippen LogP contribution in [-0.4, -0.2) is 43.0 Å². The molecule has 152 valence electrons. The summed E-state index contributed by atoms with van der Waals surface area (Å²) in [5, 5.41) is 16.6. The fourth-order valence-electron chi connectivity index (χ4n) is 2.56. The lowest BCUT2D eigenvalue weighted by Crippen LogP contribution is -2.22. The lowest BCUT2D eigenvalue weighted by Gasteiger charge is -2.10. The molecular weight excluding hydrogens is 422 g/mol. The normalized spacial score (nSPS) is 14.8. The second kappa shape index (κ2) is 8.41. The number of thiazole rings is 1. The molecule has 12 heteroatoms. The SMILES string of the molecule is CC(Sc1nnnn1C1CC1)C(=O)Nc1nc(-c2ccccc2OC(F)F)cs1. The van der Waals surface area contributed by atoms with Crippen molar-refractivity contribution in [3.8, 4) is 17.0 Å². The summed E-state index contributed by atoms with van der Waals surface area (Å²) in [4.78, 5) is 16.9. The Morgan fingerprint density at radius 1 is 1.38 bits per heavy atom. The Labute approximate surface area is 172 Å². The van der Waals surface area contributed by atoms with Gasteiger partial charge in [0.15, 0.2) is 5.13 Å². The van der Waals surface area contributed by atoms with Crippen LogP contribution in [0.4, 0.5) is 13.9 Å². The molecule has 2 heterocycles. The van der Waals surface area contributed by atoms with Gasteiger partial charge in [0.1, 0.15) is 5.75 Å². The first-order valence-electron chi connectivity index (χ1n) is 8.76. The third-order valence-electron chi connectivity index (χ3n) is 4.12. The maximum atomic E-state index is 12.6. The first-order valence-corrected chi connectivity index (χ1v) is 10.5. The molecule has 1 unspecified atom stereocenters. The van der Waals surface area contributed by atoms with E-state index in [1.165, 1.54) is 29.2 Å². The molecule has 1 N–H and O–H groups in total. The van der Waals surface area contributed by atoms with Gasteiger partial charge in [0.2, 0.25) is 11.1 Å². The summed E-state index contributed by atoms with van der Waals surface area (Å²) < 4.78 is 31.5. The number of nitrogens with zero attached hydrogens (tertiary/aromatic N) is 5. The smallest absolute Gasteiger partial charge is 0.387 e. The summed E-state index contributed by atoms with van der Waals surface area (Å²) in [6.45, 7) is -1.18. The van der Waals surface area contributed by atoms with Gasteiger partial charge in [-0.25, -0.2) is 9.67 Å². The van der Waals surface area contributed by atoms with Crippen molar-refractivity contribution < 1.29 is 18.3 Å². The maximum Gasteiger partial charge on any atom is 0.387 e. The molecule has 1 saturated carbocycles. The summed E-state index contributed by atoms with van der Waals surface area (Å²) in [5.74, 6) is -0.222. The minimum absolute atomic E-state index is 0.0292. The topological polar surface area (TPSA) is 94.8 Å². The van der Waals surface area contributed by atoms with Crippen molar-refractivity contribution in [1.82, 2.24) is 25.2 Å². The van der Waals surface area contributed by atoms with E-state index in [9.17, 15) is 13.6 Å². The molecule has 8 nitrogen and oxygen atoms in total. The van der Waals surface area contributed by atoms with Crippen LogP contribution in [0.5, 0.6) is 5.75 Å². The minimum atomic E-state index is -2.93. The zero-order valence-electron chi connectivity index (χ0n) is 15.2. The molecule has 1 amide bonds. The van der Waals surface area contributed by atoms with Crippen molar-refractivity contribution >= 4 is 34.1 Å². The minimum Gasteiger partial charge on any atom is -0.434 e. The fourth-order valence-corrected chi connectivity index (χ4v) is 4.13. The Hall–Kier alpha value is -2.60. The molecule has 2 aromatic heterocycles. The number of hydrogen-bond donors (Lipinski definition) is 1. The molecule has 29 heavy (non-hydrogen) atoms. The second-order valence-electron chi connectivity index (χ2n) is 6.30. The second-order valence-corrected chi connectivity index (χ2v) is 8.47. The molecule has 0 aliphatic heterocycles. The highest BCUT2D eigenvalue weighted by Gasteiger charge is 2.29. The summed E-state index contributed by atoms with van der Waals surface area (Å²) in [6, 6.07) is 6.70. The number of thioether (sulfide) groups is 1. The number of anilines is 1. The number of halogens is 2. The number of amides is 1. The molecule has 4 rings (SSSR count). The van der Waals surface area contributed by atoms with Crippen molar-refractivity contribution in [3.63, 3.8) is 0 Å². The van der Waals surface area contributed by atoms with E-state index in [0.717, 1.165) is 12.8 Å². The van der Waals surface area contributed by atoms with E-state index in [1.807, 2.05) is 0 Å².